The number of carbonyl (C=O) groups excluding carboxylic acids is 2. The first-order valence-electron chi connectivity index (χ1n) is 11.9. The van der Waals surface area contributed by atoms with E-state index < -0.39 is 45.8 Å². The number of nitrogens with one attached hydrogen (secondary N) is 2. The number of carbonyl (C=O) groups is 2. The molecular weight excluding hydrogens is 564 g/mol. The Labute approximate surface area is 235 Å². The van der Waals surface area contributed by atoms with Crippen LogP contribution in [0.25, 0.3) is 11.1 Å². The molecule has 0 aliphatic carbocycles. The Balaban J connectivity index is 1.72. The zero-order valence-electron chi connectivity index (χ0n) is 22.1. The van der Waals surface area contributed by atoms with Crippen molar-refractivity contribution in [3.05, 3.63) is 83.4 Å². The van der Waals surface area contributed by atoms with Crippen LogP contribution in [0.15, 0.2) is 65.6 Å². The molecule has 2 N–H and O–H groups in total. The fraction of sp³-hybridized carbons (Fsp3) is 0.259. The van der Waals surface area contributed by atoms with E-state index in [1.54, 1.807) is 54.8 Å². The monoisotopic (exact) mass is 593 g/mol. The highest BCUT2D eigenvalue weighted by atomic mass is 32.2. The van der Waals surface area contributed by atoms with Crippen molar-refractivity contribution in [1.29, 1.82) is 0 Å². The topological polar surface area (TPSA) is 114 Å². The Morgan fingerprint density at radius 1 is 1.02 bits per heavy atom. The minimum absolute atomic E-state index is 0.111. The third-order valence-corrected chi connectivity index (χ3v) is 7.89. The molecule has 40 heavy (non-hydrogen) atoms. The quantitative estimate of drug-likeness (QED) is 0.230. The van der Waals surface area contributed by atoms with Gasteiger partial charge in [-0.2, -0.15) is 0 Å². The summed E-state index contributed by atoms with van der Waals surface area (Å²) in [6, 6.07) is 15.8. The van der Waals surface area contributed by atoms with Crippen LogP contribution >= 0.6 is 11.8 Å². The number of hydrogen-bond donors (Lipinski definition) is 2. The molecule has 0 radical (unpaired) electrons. The number of thioether (sulfide) groups is 1. The molecule has 0 fully saturated rings. The van der Waals surface area contributed by atoms with Gasteiger partial charge in [-0.05, 0) is 66.4 Å². The highest BCUT2D eigenvalue weighted by molar-refractivity contribution is 7.98. The molecule has 2 amide bonds. The number of hydrogen-bond acceptors (Lipinski definition) is 7. The second kappa shape index (κ2) is 14.2. The van der Waals surface area contributed by atoms with Crippen LogP contribution in [0.2, 0.25) is 0 Å². The number of nitrogens with zero attached hydrogens (tertiary/aromatic N) is 1. The van der Waals surface area contributed by atoms with Gasteiger partial charge in [-0.1, -0.05) is 24.3 Å². The third-order valence-electron chi connectivity index (χ3n) is 5.77. The maximum Gasteiger partial charge on any atom is 0.263 e. The van der Waals surface area contributed by atoms with Gasteiger partial charge < -0.3 is 9.64 Å². The van der Waals surface area contributed by atoms with Crippen molar-refractivity contribution in [2.75, 3.05) is 39.3 Å². The maximum absolute atomic E-state index is 13.8. The molecule has 9 nitrogen and oxygen atoms in total. The van der Waals surface area contributed by atoms with Gasteiger partial charge in [-0.25, -0.2) is 27.4 Å². The van der Waals surface area contributed by atoms with Gasteiger partial charge in [0.2, 0.25) is 10.0 Å². The molecular formula is C27H29F2N3O6S2. The molecule has 0 aliphatic rings. The molecule has 3 aromatic rings. The van der Waals surface area contributed by atoms with Crippen molar-refractivity contribution >= 4 is 33.6 Å². The van der Waals surface area contributed by atoms with E-state index in [4.69, 9.17) is 4.74 Å². The average Bonchev–Trinajstić information content (AvgIpc) is 2.95. The van der Waals surface area contributed by atoms with E-state index in [0.29, 0.717) is 27.3 Å². The molecule has 0 aliphatic heterocycles. The first-order chi connectivity index (χ1) is 19.1. The number of sulfonamides is 1. The van der Waals surface area contributed by atoms with Crippen LogP contribution in [0, 0.1) is 11.6 Å². The first kappa shape index (κ1) is 31.0. The van der Waals surface area contributed by atoms with E-state index in [2.05, 4.69) is 15.0 Å². The highest BCUT2D eigenvalue weighted by Gasteiger charge is 2.22. The van der Waals surface area contributed by atoms with Crippen molar-refractivity contribution in [2.24, 2.45) is 0 Å². The molecule has 0 atom stereocenters. The van der Waals surface area contributed by atoms with Crippen LogP contribution in [-0.2, 0) is 26.3 Å². The van der Waals surface area contributed by atoms with Crippen LogP contribution in [0.3, 0.4) is 0 Å². The summed E-state index contributed by atoms with van der Waals surface area (Å²) in [7, 11) is -1.11. The van der Waals surface area contributed by atoms with Crippen LogP contribution < -0.4 is 14.9 Å². The second-order valence-corrected chi connectivity index (χ2v) is 11.4. The number of hydroxylamine groups is 1. The van der Waals surface area contributed by atoms with Crippen molar-refractivity contribution in [2.45, 2.75) is 11.5 Å². The number of amides is 2. The van der Waals surface area contributed by atoms with E-state index in [-0.39, 0.29) is 18.7 Å². The lowest BCUT2D eigenvalue weighted by atomic mass is 10.1. The van der Waals surface area contributed by atoms with Gasteiger partial charge in [0.1, 0.15) is 18.9 Å². The molecule has 0 saturated carbocycles. The van der Waals surface area contributed by atoms with Gasteiger partial charge in [0.25, 0.3) is 11.8 Å². The van der Waals surface area contributed by atoms with Crippen molar-refractivity contribution in [3.63, 3.8) is 0 Å². The van der Waals surface area contributed by atoms with Gasteiger partial charge in [0, 0.05) is 17.0 Å². The van der Waals surface area contributed by atoms with Crippen LogP contribution in [0.5, 0.6) is 5.75 Å². The molecule has 0 heterocycles. The third kappa shape index (κ3) is 8.49. The largest absolute Gasteiger partial charge is 0.489 e. The Bertz CT molecular complexity index is 1450. The van der Waals surface area contributed by atoms with Crippen LogP contribution in [0.4, 0.5) is 8.78 Å². The Morgan fingerprint density at radius 2 is 1.73 bits per heavy atom. The standard InChI is InChI=1S/C27H29F2N3O6S2/c1-30-40(35,36)12-11-32(16-26(33)31-37-2)27(34)20-6-4-5-18(13-20)17-38-21-9-7-19(8-10-21)22-14-23(28)24(29)15-25(22)39-3/h4-10,13-15,30H,11-12,16-17H2,1-3H3,(H,31,33). The lowest BCUT2D eigenvalue weighted by molar-refractivity contribution is -0.131. The molecule has 3 aromatic carbocycles. The van der Waals surface area contributed by atoms with Gasteiger partial charge >= 0.3 is 0 Å². The maximum atomic E-state index is 13.8. The molecule has 214 valence electrons. The van der Waals surface area contributed by atoms with E-state index in [0.717, 1.165) is 11.0 Å². The fourth-order valence-electron chi connectivity index (χ4n) is 3.70. The molecule has 0 saturated heterocycles. The molecule has 0 unspecified atom stereocenters. The summed E-state index contributed by atoms with van der Waals surface area (Å²) in [5.41, 5.74) is 4.27. The van der Waals surface area contributed by atoms with E-state index in [1.807, 2.05) is 0 Å². The first-order valence-corrected chi connectivity index (χ1v) is 14.8. The average molecular weight is 594 g/mol. The summed E-state index contributed by atoms with van der Waals surface area (Å²) in [6.45, 7) is -0.516. The summed E-state index contributed by atoms with van der Waals surface area (Å²) in [5.74, 6) is -2.86. The molecule has 0 aromatic heterocycles. The van der Waals surface area contributed by atoms with Crippen LogP contribution in [0.1, 0.15) is 15.9 Å². The Morgan fingerprint density at radius 3 is 2.38 bits per heavy atom. The SMILES string of the molecule is CNS(=O)(=O)CCN(CC(=O)NOC)C(=O)c1cccc(COc2ccc(-c3cc(F)c(F)cc3SC)cc2)c1. The van der Waals surface area contributed by atoms with Crippen molar-refractivity contribution < 1.29 is 36.4 Å². The van der Waals surface area contributed by atoms with Crippen molar-refractivity contribution in [1.82, 2.24) is 15.1 Å². The Hall–Kier alpha value is -3.52. The highest BCUT2D eigenvalue weighted by Crippen LogP contribution is 2.33. The predicted octanol–water partition coefficient (Wildman–Crippen LogP) is 3.60. The lowest BCUT2D eigenvalue weighted by Gasteiger charge is -2.22. The van der Waals surface area contributed by atoms with Crippen LogP contribution in [-0.4, -0.2) is 64.4 Å². The molecule has 3 rings (SSSR count). The number of ether oxygens (including phenoxy) is 1. The summed E-state index contributed by atoms with van der Waals surface area (Å²) in [5, 5.41) is 0. The number of rotatable bonds is 13. The number of benzene rings is 3. The fourth-order valence-corrected chi connectivity index (χ4v) is 4.98. The number of halogens is 2. The van der Waals surface area contributed by atoms with E-state index in [1.165, 1.54) is 32.0 Å². The zero-order valence-corrected chi connectivity index (χ0v) is 23.7. The minimum atomic E-state index is -3.62. The summed E-state index contributed by atoms with van der Waals surface area (Å²) in [4.78, 5) is 31.5. The lowest BCUT2D eigenvalue weighted by Crippen LogP contribution is -2.43. The van der Waals surface area contributed by atoms with Gasteiger partial charge in [0.05, 0.1) is 12.9 Å². The van der Waals surface area contributed by atoms with Gasteiger partial charge in [-0.3, -0.25) is 14.4 Å². The normalized spacial score (nSPS) is 11.2. The molecule has 0 spiro atoms. The molecule has 0 bridgehead atoms. The van der Waals surface area contributed by atoms with Crippen molar-refractivity contribution in [3.8, 4) is 16.9 Å². The predicted molar refractivity (Wildman–Crippen MR) is 148 cm³/mol. The summed E-state index contributed by atoms with van der Waals surface area (Å²) >= 11 is 1.31. The van der Waals surface area contributed by atoms with Gasteiger partial charge in [-0.15, -0.1) is 11.8 Å². The summed E-state index contributed by atoms with van der Waals surface area (Å²) in [6.07, 6.45) is 1.78. The van der Waals surface area contributed by atoms with Gasteiger partial charge in [0.15, 0.2) is 11.6 Å². The second-order valence-electron chi connectivity index (χ2n) is 8.46. The summed E-state index contributed by atoms with van der Waals surface area (Å²) < 4.78 is 59.2. The minimum Gasteiger partial charge on any atom is -0.489 e. The molecule has 13 heteroatoms. The smallest absolute Gasteiger partial charge is 0.263 e. The van der Waals surface area contributed by atoms with E-state index >= 15 is 0 Å². The van der Waals surface area contributed by atoms with E-state index in [9.17, 15) is 26.8 Å². The zero-order chi connectivity index (χ0) is 29.3. The Kier molecular flexibility index (Phi) is 11.0.